The van der Waals surface area contributed by atoms with Gasteiger partial charge in [0.2, 0.25) is 0 Å². The Hall–Kier alpha value is -4.65. The van der Waals surface area contributed by atoms with Gasteiger partial charge in [-0.3, -0.25) is 23.4 Å². The molecule has 4 aromatic carbocycles. The van der Waals surface area contributed by atoms with Gasteiger partial charge in [-0.05, 0) is 73.0 Å². The average Bonchev–Trinajstić information content (AvgIpc) is 2.91. The number of benzene rings is 4. The van der Waals surface area contributed by atoms with E-state index in [0.29, 0.717) is 45.3 Å². The van der Waals surface area contributed by atoms with Gasteiger partial charge in [0.25, 0.3) is 26.1 Å². The van der Waals surface area contributed by atoms with E-state index >= 15 is 0 Å². The Morgan fingerprint density at radius 1 is 0.932 bits per heavy atom. The minimum absolute atomic E-state index is 0.0986. The van der Waals surface area contributed by atoms with E-state index in [1.165, 1.54) is 6.07 Å². The predicted octanol–water partition coefficient (Wildman–Crippen LogP) is 4.28. The molecule has 0 fully saturated rings. The molecular formula is C27H22N4O10S3. The highest BCUT2D eigenvalue weighted by molar-refractivity contribution is 7.86. The summed E-state index contributed by atoms with van der Waals surface area (Å²) in [5.41, 5.74) is 8.07. The van der Waals surface area contributed by atoms with Gasteiger partial charge in [0.05, 0.1) is 16.1 Å². The molecule has 1 amide bonds. The number of nitrogens with one attached hydrogen (secondary N) is 2. The molecule has 0 aliphatic rings. The molecule has 5 aromatic rings. The summed E-state index contributed by atoms with van der Waals surface area (Å²) in [6.45, 7) is 1.69. The summed E-state index contributed by atoms with van der Waals surface area (Å²) in [5.74, 6) is -0.730. The molecular weight excluding hydrogens is 637 g/mol. The van der Waals surface area contributed by atoms with Crippen LogP contribution in [-0.4, -0.2) is 45.6 Å². The van der Waals surface area contributed by atoms with E-state index in [-0.39, 0.29) is 22.2 Å². The molecule has 1 aromatic heterocycles. The van der Waals surface area contributed by atoms with Crippen LogP contribution in [0.25, 0.3) is 21.7 Å². The molecule has 7 N–H and O–H groups in total. The van der Waals surface area contributed by atoms with E-state index in [4.69, 9.17) is 9.92 Å². The van der Waals surface area contributed by atoms with Crippen molar-refractivity contribution in [3.05, 3.63) is 84.1 Å². The van der Waals surface area contributed by atoms with Crippen LogP contribution in [0.15, 0.2) is 82.6 Å². The van der Waals surface area contributed by atoms with Gasteiger partial charge in [-0.25, -0.2) is 0 Å². The molecule has 0 radical (unpaired) electrons. The van der Waals surface area contributed by atoms with Gasteiger partial charge in [0.15, 0.2) is 0 Å². The maximum Gasteiger partial charge on any atom is 0.357 e. The first-order chi connectivity index (χ1) is 20.6. The first-order valence-corrected chi connectivity index (χ1v) is 16.2. The van der Waals surface area contributed by atoms with Crippen molar-refractivity contribution in [2.75, 3.05) is 16.4 Å². The van der Waals surface area contributed by atoms with Crippen LogP contribution in [0.2, 0.25) is 0 Å². The topological polar surface area (TPSA) is 235 Å². The van der Waals surface area contributed by atoms with E-state index in [2.05, 4.69) is 15.6 Å². The highest BCUT2D eigenvalue weighted by Gasteiger charge is 2.24. The minimum Gasteiger partial charge on any atom is -0.399 e. The molecule has 0 spiro atoms. The summed E-state index contributed by atoms with van der Waals surface area (Å²) in [6, 6.07) is 16.5. The van der Waals surface area contributed by atoms with Gasteiger partial charge >= 0.3 is 11.4 Å². The maximum absolute atomic E-state index is 12.8. The zero-order valence-corrected chi connectivity index (χ0v) is 24.8. The normalized spacial score (nSPS) is 12.6. The minimum atomic E-state index is -5.10. The van der Waals surface area contributed by atoms with Crippen molar-refractivity contribution >= 4 is 81.9 Å². The highest BCUT2D eigenvalue weighted by atomic mass is 32.2. The van der Waals surface area contributed by atoms with Crippen LogP contribution in [0.5, 0.6) is 5.75 Å². The average molecular weight is 659 g/mol. The number of aromatic nitrogens is 1. The van der Waals surface area contributed by atoms with E-state index in [1.54, 1.807) is 49.4 Å². The van der Waals surface area contributed by atoms with Gasteiger partial charge in [0, 0.05) is 45.2 Å². The number of carbonyl (C=O) groups is 1. The second-order valence-electron chi connectivity index (χ2n) is 9.49. The van der Waals surface area contributed by atoms with Crippen molar-refractivity contribution in [1.29, 1.82) is 0 Å². The lowest BCUT2D eigenvalue weighted by molar-refractivity contribution is 0.102. The second-order valence-corrected chi connectivity index (χ2v) is 12.9. The Labute approximate surface area is 252 Å². The molecule has 5 rings (SSSR count). The number of hydrogen-bond donors (Lipinski definition) is 6. The number of aryl methyl sites for hydroxylation is 1. The van der Waals surface area contributed by atoms with Crippen molar-refractivity contribution in [2.24, 2.45) is 0 Å². The number of nitrogen functional groups attached to an aromatic ring is 1. The summed E-state index contributed by atoms with van der Waals surface area (Å²) < 4.78 is 93.9. The van der Waals surface area contributed by atoms with Gasteiger partial charge in [-0.2, -0.15) is 21.0 Å². The fraction of sp³-hybridized carbons (Fsp3) is 0.0370. The van der Waals surface area contributed by atoms with Crippen LogP contribution >= 0.6 is 0 Å². The fourth-order valence-corrected chi connectivity index (χ4v) is 6.21. The molecule has 1 heterocycles. The van der Waals surface area contributed by atoms with E-state index in [9.17, 15) is 39.5 Å². The monoisotopic (exact) mass is 658 g/mol. The lowest BCUT2D eigenvalue weighted by Gasteiger charge is -2.17. The number of nitrogens with zero attached hydrogens (tertiary/aromatic N) is 1. The van der Waals surface area contributed by atoms with Crippen molar-refractivity contribution in [2.45, 2.75) is 16.7 Å². The summed E-state index contributed by atoms with van der Waals surface area (Å²) in [6.07, 6.45) is 0. The molecule has 1 atom stereocenters. The molecule has 44 heavy (non-hydrogen) atoms. The summed E-state index contributed by atoms with van der Waals surface area (Å²) >= 11 is -2.83. The zero-order chi connectivity index (χ0) is 32.0. The Balaban J connectivity index is 1.70. The van der Waals surface area contributed by atoms with Crippen LogP contribution in [0, 0.1) is 6.92 Å². The maximum atomic E-state index is 12.8. The molecule has 0 saturated heterocycles. The van der Waals surface area contributed by atoms with Crippen LogP contribution < -0.4 is 20.6 Å². The lowest BCUT2D eigenvalue weighted by atomic mass is 10.1. The number of fused-ring (bicyclic) bond motifs is 2. The zero-order valence-electron chi connectivity index (χ0n) is 22.4. The fourth-order valence-electron chi connectivity index (χ4n) is 4.57. The number of hydrogen-bond acceptors (Lipinski definition) is 10. The third-order valence-corrected chi connectivity index (χ3v) is 8.36. The molecule has 0 aliphatic carbocycles. The Morgan fingerprint density at radius 3 is 2.34 bits per heavy atom. The van der Waals surface area contributed by atoms with E-state index in [1.807, 2.05) is 0 Å². The van der Waals surface area contributed by atoms with Gasteiger partial charge in [-0.15, -0.1) is 0 Å². The number of amides is 1. The van der Waals surface area contributed by atoms with Crippen molar-refractivity contribution in [3.63, 3.8) is 0 Å². The number of carbonyl (C=O) groups excluding carboxylic acids is 1. The Bertz CT molecular complexity index is 2240. The Kier molecular flexibility index (Phi) is 8.02. The largest absolute Gasteiger partial charge is 0.399 e. The quantitative estimate of drug-likeness (QED) is 0.0776. The van der Waals surface area contributed by atoms with Crippen LogP contribution in [0.4, 0.5) is 22.7 Å². The van der Waals surface area contributed by atoms with Crippen molar-refractivity contribution in [3.8, 4) is 5.75 Å². The molecule has 0 bridgehead atoms. The smallest absolute Gasteiger partial charge is 0.357 e. The third kappa shape index (κ3) is 6.62. The SMILES string of the molecule is Cc1cc(Nc2cc(OS(=O)O)cc3cc(S(=O)(=O)O)cc(S(=O)(=O)O)c23)c2cc(NC(=O)c3cccc(N)c3)ccc2n1. The Morgan fingerprint density at radius 2 is 1.68 bits per heavy atom. The van der Waals surface area contributed by atoms with E-state index in [0.717, 1.165) is 18.2 Å². The summed E-state index contributed by atoms with van der Waals surface area (Å²) in [4.78, 5) is 15.6. The van der Waals surface area contributed by atoms with Gasteiger partial charge in [0.1, 0.15) is 10.6 Å². The van der Waals surface area contributed by atoms with Crippen LogP contribution in [0.1, 0.15) is 16.1 Å². The first-order valence-electron chi connectivity index (χ1n) is 12.3. The highest BCUT2D eigenvalue weighted by Crippen LogP contribution is 2.39. The molecule has 1 unspecified atom stereocenters. The summed E-state index contributed by atoms with van der Waals surface area (Å²) in [5, 5.41) is 5.80. The predicted molar refractivity (Wildman–Crippen MR) is 164 cm³/mol. The lowest BCUT2D eigenvalue weighted by Crippen LogP contribution is -2.12. The molecule has 17 heteroatoms. The number of pyridine rings is 1. The number of nitrogens with two attached hydrogens (primary N) is 1. The molecule has 228 valence electrons. The standard InChI is InChI=1S/C27H22N4O10S3/c1-14-7-23(21-11-18(5-6-22(21)29-14)30-27(32)15-3-2-4-17(28)8-15)31-24-12-19(41-42(33)34)9-16-10-20(43(35,36)37)13-25(26(16)24)44(38,39)40/h2-13H,28H2,1H3,(H,29,31)(H,30,32)(H,33,34)(H,35,36,37)(H,38,39,40). The van der Waals surface area contributed by atoms with Crippen molar-refractivity contribution < 1.29 is 43.7 Å². The number of anilines is 4. The van der Waals surface area contributed by atoms with Gasteiger partial charge < -0.3 is 20.6 Å². The van der Waals surface area contributed by atoms with Crippen LogP contribution in [0.3, 0.4) is 0 Å². The van der Waals surface area contributed by atoms with E-state index < -0.39 is 47.3 Å². The number of rotatable bonds is 8. The van der Waals surface area contributed by atoms with Crippen LogP contribution in [-0.2, 0) is 31.6 Å². The molecule has 0 aliphatic heterocycles. The molecule has 0 saturated carbocycles. The third-order valence-electron chi connectivity index (χ3n) is 6.32. The molecule has 14 nitrogen and oxygen atoms in total. The van der Waals surface area contributed by atoms with Crippen molar-refractivity contribution in [1.82, 2.24) is 4.98 Å². The second kappa shape index (κ2) is 11.5. The summed E-state index contributed by atoms with van der Waals surface area (Å²) in [7, 11) is -10.1. The first kappa shape index (κ1) is 30.8. The van der Waals surface area contributed by atoms with Gasteiger partial charge in [-0.1, -0.05) is 6.07 Å².